The van der Waals surface area contributed by atoms with Gasteiger partial charge in [0.05, 0.1) is 26.1 Å². The molecule has 3 aromatic rings. The van der Waals surface area contributed by atoms with Gasteiger partial charge in [-0.15, -0.1) is 0 Å². The molecule has 0 spiro atoms. The number of rotatable bonds is 13. The van der Waals surface area contributed by atoms with E-state index >= 15 is 0 Å². The number of carbonyl (C=O) groups is 2. The molecule has 260 valence electrons. The van der Waals surface area contributed by atoms with E-state index in [4.69, 9.17) is 20.3 Å². The van der Waals surface area contributed by atoms with Gasteiger partial charge in [0.2, 0.25) is 0 Å². The second-order valence-corrected chi connectivity index (χ2v) is 9.54. The molecule has 3 aromatic carbocycles. The third-order valence-corrected chi connectivity index (χ3v) is 5.85. The van der Waals surface area contributed by atoms with Crippen LogP contribution in [0.25, 0.3) is 0 Å². The zero-order valence-electron chi connectivity index (χ0n) is 26.6. The van der Waals surface area contributed by atoms with E-state index in [1.165, 1.54) is 0 Å². The van der Waals surface area contributed by atoms with E-state index in [2.05, 4.69) is 5.32 Å². The average molecular weight is 744 g/mol. The Bertz CT molecular complexity index is 1270. The van der Waals surface area contributed by atoms with Crippen molar-refractivity contribution in [3.05, 3.63) is 114 Å². The molecule has 0 saturated carbocycles. The van der Waals surface area contributed by atoms with Crippen LogP contribution in [0.2, 0.25) is 0 Å². The minimum atomic E-state index is -0.578. The Morgan fingerprint density at radius 2 is 1.24 bits per heavy atom. The molecular formula is C34H45F4N2O5Pd-. The first-order valence-corrected chi connectivity index (χ1v) is 14.4. The maximum absolute atomic E-state index is 13.9. The van der Waals surface area contributed by atoms with Crippen LogP contribution in [-0.4, -0.2) is 48.9 Å². The molecule has 0 bridgehead atoms. The summed E-state index contributed by atoms with van der Waals surface area (Å²) >= 11 is 0. The van der Waals surface area contributed by atoms with Gasteiger partial charge >= 0.3 is 11.9 Å². The number of aliphatic hydroxyl groups is 1. The maximum Gasteiger partial charge on any atom is 0.307 e. The zero-order valence-corrected chi connectivity index (χ0v) is 28.2. The summed E-state index contributed by atoms with van der Waals surface area (Å²) in [6.07, 6.45) is 0.387. The minimum Gasteiger partial charge on any atom is -0.466 e. The minimum absolute atomic E-state index is 0. The van der Waals surface area contributed by atoms with Crippen LogP contribution in [0.4, 0.5) is 17.6 Å². The second kappa shape index (κ2) is 26.0. The van der Waals surface area contributed by atoms with Crippen LogP contribution in [0.15, 0.2) is 66.7 Å². The first kappa shape index (κ1) is 45.0. The van der Waals surface area contributed by atoms with Crippen LogP contribution in [0.1, 0.15) is 50.3 Å². The van der Waals surface area contributed by atoms with E-state index < -0.39 is 35.3 Å². The largest absolute Gasteiger partial charge is 0.466 e. The van der Waals surface area contributed by atoms with E-state index in [1.807, 2.05) is 30.3 Å². The molecule has 0 amide bonds. The molecule has 0 radical (unpaired) electrons. The predicted octanol–water partition coefficient (Wildman–Crippen LogP) is 5.85. The van der Waals surface area contributed by atoms with Gasteiger partial charge in [-0.3, -0.25) is 9.59 Å². The molecule has 0 heterocycles. The van der Waals surface area contributed by atoms with Crippen molar-refractivity contribution in [2.24, 2.45) is 5.73 Å². The fourth-order valence-corrected chi connectivity index (χ4v) is 3.95. The van der Waals surface area contributed by atoms with Crippen LogP contribution in [-0.2, 0) is 58.9 Å². The molecule has 12 heteroatoms. The average Bonchev–Trinajstić information content (AvgIpc) is 2.97. The van der Waals surface area contributed by atoms with Crippen molar-refractivity contribution in [1.82, 2.24) is 5.32 Å². The zero-order chi connectivity index (χ0) is 32.9. The Morgan fingerprint density at radius 3 is 1.72 bits per heavy atom. The number of nitrogens with one attached hydrogen (secondary N) is 1. The first-order chi connectivity index (χ1) is 21.0. The van der Waals surface area contributed by atoms with Gasteiger partial charge in [0.15, 0.2) is 0 Å². The summed E-state index contributed by atoms with van der Waals surface area (Å²) in [4.78, 5) is 22.9. The number of carbonyl (C=O) groups excluding carboxylic acids is 2. The van der Waals surface area contributed by atoms with Crippen LogP contribution < -0.4 is 11.1 Å². The fourth-order valence-electron chi connectivity index (χ4n) is 3.95. The third kappa shape index (κ3) is 19.4. The Kier molecular flexibility index (Phi) is 25.4. The van der Waals surface area contributed by atoms with E-state index in [0.29, 0.717) is 13.2 Å². The van der Waals surface area contributed by atoms with Gasteiger partial charge in [-0.2, -0.15) is 0 Å². The summed E-state index contributed by atoms with van der Waals surface area (Å²) in [7, 11) is 0. The molecule has 3 rings (SSSR count). The molecule has 7 nitrogen and oxygen atoms in total. The standard InChI is InChI=1S/C19H21F2NO2.C12H15F2NO2.C2H6O.CH3.Pd/c1-2-24-19(23)12-17(22-13-14-6-4-3-5-7-14)11-15-10-16(20)8-9-18(15)21;1-2-17-12(16)7-10(15)6-8-5-9(13)3-4-11(8)14;1-2-3;;/h3-10,17,22H,2,11-13H2,1H3;3-5,10H,2,6-7,15H2,1H3;3H,2H2,1H3;1H3;/q;;;-1;. The van der Waals surface area contributed by atoms with Crippen LogP contribution >= 0.6 is 0 Å². The monoisotopic (exact) mass is 743 g/mol. The van der Waals surface area contributed by atoms with Crippen molar-refractivity contribution in [3.63, 3.8) is 0 Å². The summed E-state index contributed by atoms with van der Waals surface area (Å²) in [5.74, 6) is -2.82. The normalized spacial score (nSPS) is 11.2. The van der Waals surface area contributed by atoms with Gasteiger partial charge in [0, 0.05) is 45.7 Å². The first-order valence-electron chi connectivity index (χ1n) is 14.4. The summed E-state index contributed by atoms with van der Waals surface area (Å²) in [5, 5.41) is 10.8. The maximum atomic E-state index is 13.9. The van der Waals surface area contributed by atoms with Crippen molar-refractivity contribution in [1.29, 1.82) is 0 Å². The Labute approximate surface area is 283 Å². The molecule has 2 atom stereocenters. The van der Waals surface area contributed by atoms with Crippen molar-refractivity contribution in [2.75, 3.05) is 19.8 Å². The Hall–Kier alpha value is -3.14. The predicted molar refractivity (Wildman–Crippen MR) is 167 cm³/mol. The fraction of sp³-hybridized carbons (Fsp3) is 0.382. The quantitative estimate of drug-likeness (QED) is 0.0872. The Balaban J connectivity index is 0. The van der Waals surface area contributed by atoms with Crippen molar-refractivity contribution < 1.29 is 62.2 Å². The molecule has 0 aliphatic rings. The molecular weight excluding hydrogens is 699 g/mol. The number of esters is 2. The molecule has 4 N–H and O–H groups in total. The van der Waals surface area contributed by atoms with Gasteiger partial charge in [-0.1, -0.05) is 30.3 Å². The smallest absolute Gasteiger partial charge is 0.307 e. The van der Waals surface area contributed by atoms with E-state index in [-0.39, 0.29) is 89.9 Å². The van der Waals surface area contributed by atoms with Gasteiger partial charge in [0.25, 0.3) is 0 Å². The van der Waals surface area contributed by atoms with Crippen molar-refractivity contribution >= 4 is 11.9 Å². The summed E-state index contributed by atoms with van der Waals surface area (Å²) in [6, 6.07) is 15.3. The third-order valence-electron chi connectivity index (χ3n) is 5.85. The molecule has 0 aliphatic heterocycles. The van der Waals surface area contributed by atoms with E-state index in [9.17, 15) is 27.2 Å². The van der Waals surface area contributed by atoms with Gasteiger partial charge in [-0.25, -0.2) is 17.6 Å². The summed E-state index contributed by atoms with van der Waals surface area (Å²) < 4.78 is 63.1. The molecule has 46 heavy (non-hydrogen) atoms. The summed E-state index contributed by atoms with van der Waals surface area (Å²) in [5.41, 5.74) is 7.12. The van der Waals surface area contributed by atoms with Crippen LogP contribution in [0.5, 0.6) is 0 Å². The van der Waals surface area contributed by atoms with Gasteiger partial charge < -0.3 is 33.1 Å². The number of halogens is 4. The van der Waals surface area contributed by atoms with Crippen LogP contribution in [0.3, 0.4) is 0 Å². The molecule has 0 aliphatic carbocycles. The topological polar surface area (TPSA) is 111 Å². The number of nitrogens with two attached hydrogens (primary N) is 1. The number of aliphatic hydroxyl groups excluding tert-OH is 1. The van der Waals surface area contributed by atoms with E-state index in [0.717, 1.165) is 42.0 Å². The number of hydrogen-bond donors (Lipinski definition) is 3. The number of benzene rings is 3. The van der Waals surface area contributed by atoms with Crippen molar-refractivity contribution in [2.45, 2.75) is 65.1 Å². The van der Waals surface area contributed by atoms with Crippen LogP contribution in [0, 0.1) is 30.7 Å². The molecule has 0 saturated heterocycles. The molecule has 0 aromatic heterocycles. The molecule has 2 unspecified atom stereocenters. The van der Waals surface area contributed by atoms with Crippen molar-refractivity contribution in [3.8, 4) is 0 Å². The van der Waals surface area contributed by atoms with Gasteiger partial charge in [-0.05, 0) is 86.7 Å². The Morgan fingerprint density at radius 1 is 0.783 bits per heavy atom. The second-order valence-electron chi connectivity index (χ2n) is 9.54. The SMILES string of the molecule is CCO.CCOC(=O)CC(Cc1cc(F)ccc1F)NCc1ccccc1.CCOC(=O)CC(N)Cc1cc(F)ccc1F.[CH3-].[Pd]. The number of hydrogen-bond acceptors (Lipinski definition) is 7. The van der Waals surface area contributed by atoms with E-state index in [1.54, 1.807) is 20.8 Å². The van der Waals surface area contributed by atoms with Gasteiger partial charge in [0.1, 0.15) is 23.3 Å². The number of ether oxygens (including phenoxy) is 2. The molecule has 0 fully saturated rings. The summed E-state index contributed by atoms with van der Waals surface area (Å²) in [6.45, 7) is 6.45.